The van der Waals surface area contributed by atoms with E-state index in [2.05, 4.69) is 52.8 Å². The van der Waals surface area contributed by atoms with Gasteiger partial charge in [-0.1, -0.05) is 46.8 Å². The van der Waals surface area contributed by atoms with Crippen molar-refractivity contribution < 1.29 is 18.9 Å². The van der Waals surface area contributed by atoms with Crippen molar-refractivity contribution in [1.29, 1.82) is 0 Å². The standard InChI is InChI=1S/C24H42O4/c1-10-25-21(26-11-2)19-15-14-18(24(8,9)17-23(5,6)7)16-20(19)22(27-12-3)28-13-4/h14-16,21-22H,10-13,17H2,1-9H3. The predicted molar refractivity (Wildman–Crippen MR) is 116 cm³/mol. The summed E-state index contributed by atoms with van der Waals surface area (Å²) in [5.74, 6) is 0. The zero-order chi connectivity index (χ0) is 21.4. The second-order valence-corrected chi connectivity index (χ2v) is 8.95. The van der Waals surface area contributed by atoms with Crippen molar-refractivity contribution in [3.05, 3.63) is 34.9 Å². The number of benzene rings is 1. The Morgan fingerprint density at radius 1 is 0.679 bits per heavy atom. The first kappa shape index (κ1) is 25.1. The molecule has 162 valence electrons. The molecule has 28 heavy (non-hydrogen) atoms. The molecule has 4 nitrogen and oxygen atoms in total. The fraction of sp³-hybridized carbons (Fsp3) is 0.750. The first-order chi connectivity index (χ1) is 13.1. The molecule has 0 atom stereocenters. The van der Waals surface area contributed by atoms with Crippen molar-refractivity contribution in [3.63, 3.8) is 0 Å². The van der Waals surface area contributed by atoms with Crippen LogP contribution in [0.3, 0.4) is 0 Å². The van der Waals surface area contributed by atoms with Crippen LogP contribution in [0.25, 0.3) is 0 Å². The van der Waals surface area contributed by atoms with E-state index in [1.54, 1.807) is 0 Å². The summed E-state index contributed by atoms with van der Waals surface area (Å²) in [7, 11) is 0. The van der Waals surface area contributed by atoms with Crippen LogP contribution in [0.2, 0.25) is 0 Å². The maximum absolute atomic E-state index is 5.95. The summed E-state index contributed by atoms with van der Waals surface area (Å²) >= 11 is 0. The zero-order valence-electron chi connectivity index (χ0n) is 19.6. The molecule has 1 aromatic carbocycles. The molecule has 0 aliphatic heterocycles. The molecule has 0 aromatic heterocycles. The van der Waals surface area contributed by atoms with E-state index in [9.17, 15) is 0 Å². The van der Waals surface area contributed by atoms with Gasteiger partial charge >= 0.3 is 0 Å². The maximum Gasteiger partial charge on any atom is 0.184 e. The minimum Gasteiger partial charge on any atom is -0.349 e. The number of hydrogen-bond acceptors (Lipinski definition) is 4. The summed E-state index contributed by atoms with van der Waals surface area (Å²) in [5.41, 5.74) is 3.51. The molecule has 0 radical (unpaired) electrons. The minimum absolute atomic E-state index is 0.0290. The molecule has 0 bridgehead atoms. The Balaban J connectivity index is 3.47. The van der Waals surface area contributed by atoms with Crippen LogP contribution in [0.5, 0.6) is 0 Å². The van der Waals surface area contributed by atoms with Gasteiger partial charge < -0.3 is 18.9 Å². The molecule has 0 amide bonds. The fourth-order valence-electron chi connectivity index (χ4n) is 3.90. The Morgan fingerprint density at radius 3 is 1.50 bits per heavy atom. The van der Waals surface area contributed by atoms with Crippen LogP contribution in [0.4, 0.5) is 0 Å². The molecule has 0 saturated carbocycles. The van der Waals surface area contributed by atoms with Gasteiger partial charge in [0.25, 0.3) is 0 Å². The van der Waals surface area contributed by atoms with E-state index in [0.717, 1.165) is 17.5 Å². The Morgan fingerprint density at radius 2 is 1.11 bits per heavy atom. The van der Waals surface area contributed by atoms with Crippen molar-refractivity contribution in [2.75, 3.05) is 26.4 Å². The lowest BCUT2D eigenvalue weighted by molar-refractivity contribution is -0.156. The van der Waals surface area contributed by atoms with E-state index < -0.39 is 12.6 Å². The van der Waals surface area contributed by atoms with Gasteiger partial charge in [0.15, 0.2) is 12.6 Å². The highest BCUT2D eigenvalue weighted by molar-refractivity contribution is 5.37. The van der Waals surface area contributed by atoms with E-state index in [4.69, 9.17) is 18.9 Å². The van der Waals surface area contributed by atoms with Gasteiger partial charge in [0, 0.05) is 37.6 Å². The number of rotatable bonds is 12. The zero-order valence-corrected chi connectivity index (χ0v) is 19.6. The molecule has 0 unspecified atom stereocenters. The summed E-state index contributed by atoms with van der Waals surface area (Å²) < 4.78 is 23.7. The molecule has 0 fully saturated rings. The fourth-order valence-corrected chi connectivity index (χ4v) is 3.90. The molecule has 0 saturated heterocycles. The predicted octanol–water partition coefficient (Wildman–Crippen LogP) is 6.54. The molecule has 0 aliphatic rings. The molecule has 0 heterocycles. The smallest absolute Gasteiger partial charge is 0.184 e. The van der Waals surface area contributed by atoms with Crippen molar-refractivity contribution in [2.45, 2.75) is 86.7 Å². The lowest BCUT2D eigenvalue weighted by atomic mass is 9.72. The van der Waals surface area contributed by atoms with Crippen LogP contribution >= 0.6 is 0 Å². The summed E-state index contributed by atoms with van der Waals surface area (Å²) in [6, 6.07) is 6.54. The summed E-state index contributed by atoms with van der Waals surface area (Å²) in [4.78, 5) is 0. The average molecular weight is 395 g/mol. The van der Waals surface area contributed by atoms with E-state index in [-0.39, 0.29) is 10.8 Å². The molecule has 0 spiro atoms. The first-order valence-corrected chi connectivity index (χ1v) is 10.7. The average Bonchev–Trinajstić information content (AvgIpc) is 2.59. The largest absolute Gasteiger partial charge is 0.349 e. The lowest BCUT2D eigenvalue weighted by Gasteiger charge is -2.34. The van der Waals surface area contributed by atoms with Crippen LogP contribution in [0.1, 0.15) is 98.0 Å². The SMILES string of the molecule is CCOC(OCC)c1ccc(C(C)(C)CC(C)(C)C)cc1C(OCC)OCC. The van der Waals surface area contributed by atoms with Crippen LogP contribution < -0.4 is 0 Å². The van der Waals surface area contributed by atoms with Crippen molar-refractivity contribution in [2.24, 2.45) is 5.41 Å². The van der Waals surface area contributed by atoms with E-state index >= 15 is 0 Å². The summed E-state index contributed by atoms with van der Waals surface area (Å²) in [6.45, 7) is 21.7. The Labute approximate surface area is 172 Å². The first-order valence-electron chi connectivity index (χ1n) is 10.7. The summed E-state index contributed by atoms with van der Waals surface area (Å²) in [5, 5.41) is 0. The Kier molecular flexibility index (Phi) is 10.1. The molecular weight excluding hydrogens is 352 g/mol. The van der Waals surface area contributed by atoms with Gasteiger partial charge in [0.05, 0.1) is 0 Å². The van der Waals surface area contributed by atoms with Gasteiger partial charge in [-0.3, -0.25) is 0 Å². The highest BCUT2D eigenvalue weighted by atomic mass is 16.7. The number of ether oxygens (including phenoxy) is 4. The molecule has 0 N–H and O–H groups in total. The monoisotopic (exact) mass is 394 g/mol. The van der Waals surface area contributed by atoms with Gasteiger partial charge in [-0.15, -0.1) is 0 Å². The van der Waals surface area contributed by atoms with Crippen molar-refractivity contribution >= 4 is 0 Å². The second kappa shape index (κ2) is 11.3. The quantitative estimate of drug-likeness (QED) is 0.377. The topological polar surface area (TPSA) is 36.9 Å². The van der Waals surface area contributed by atoms with Crippen LogP contribution in [0.15, 0.2) is 18.2 Å². The third-order valence-electron chi connectivity index (χ3n) is 4.62. The molecule has 0 aliphatic carbocycles. The van der Waals surface area contributed by atoms with Gasteiger partial charge in [-0.25, -0.2) is 0 Å². The Bertz CT molecular complexity index is 562. The van der Waals surface area contributed by atoms with E-state index in [1.165, 1.54) is 5.56 Å². The van der Waals surface area contributed by atoms with Crippen LogP contribution in [-0.4, -0.2) is 26.4 Å². The van der Waals surface area contributed by atoms with E-state index in [0.29, 0.717) is 26.4 Å². The second-order valence-electron chi connectivity index (χ2n) is 8.95. The van der Waals surface area contributed by atoms with Crippen molar-refractivity contribution in [1.82, 2.24) is 0 Å². The molecule has 1 aromatic rings. The molecule has 1 rings (SSSR count). The third kappa shape index (κ3) is 7.47. The highest BCUT2D eigenvalue weighted by Gasteiger charge is 2.30. The van der Waals surface area contributed by atoms with Crippen LogP contribution in [0, 0.1) is 5.41 Å². The normalized spacial score (nSPS) is 13.0. The van der Waals surface area contributed by atoms with Crippen molar-refractivity contribution in [3.8, 4) is 0 Å². The van der Waals surface area contributed by atoms with Gasteiger partial charge in [-0.2, -0.15) is 0 Å². The van der Waals surface area contributed by atoms with E-state index in [1.807, 2.05) is 27.7 Å². The maximum atomic E-state index is 5.95. The van der Waals surface area contributed by atoms with Crippen LogP contribution in [-0.2, 0) is 24.4 Å². The highest BCUT2D eigenvalue weighted by Crippen LogP contribution is 2.39. The van der Waals surface area contributed by atoms with Gasteiger partial charge in [0.2, 0.25) is 0 Å². The Hall–Kier alpha value is -0.940. The molecule has 4 heteroatoms. The van der Waals surface area contributed by atoms with Gasteiger partial charge in [-0.05, 0) is 56.6 Å². The number of hydrogen-bond donors (Lipinski definition) is 0. The van der Waals surface area contributed by atoms with Gasteiger partial charge in [0.1, 0.15) is 0 Å². The third-order valence-corrected chi connectivity index (χ3v) is 4.62. The minimum atomic E-state index is -0.432. The summed E-state index contributed by atoms with van der Waals surface area (Å²) in [6.07, 6.45) is 0.222. The molecular formula is C24H42O4. The lowest BCUT2D eigenvalue weighted by Crippen LogP contribution is -2.26.